The molecular formula is C16H19FO4. The molecule has 0 N–H and O–H groups in total. The highest BCUT2D eigenvalue weighted by molar-refractivity contribution is 5.96. The third-order valence-electron chi connectivity index (χ3n) is 2.89. The van der Waals surface area contributed by atoms with Crippen LogP contribution in [-0.2, 0) is 14.3 Å². The third kappa shape index (κ3) is 7.34. The van der Waals surface area contributed by atoms with Crippen molar-refractivity contribution in [3.63, 3.8) is 0 Å². The van der Waals surface area contributed by atoms with Gasteiger partial charge in [-0.05, 0) is 44.0 Å². The van der Waals surface area contributed by atoms with Gasteiger partial charge in [0.15, 0.2) is 5.78 Å². The van der Waals surface area contributed by atoms with Crippen molar-refractivity contribution in [2.45, 2.75) is 39.0 Å². The Morgan fingerprint density at radius 2 is 1.67 bits per heavy atom. The monoisotopic (exact) mass is 294 g/mol. The Labute approximate surface area is 123 Å². The normalized spacial score (nSPS) is 10.2. The van der Waals surface area contributed by atoms with E-state index in [2.05, 4.69) is 0 Å². The summed E-state index contributed by atoms with van der Waals surface area (Å²) in [7, 11) is 0. The van der Waals surface area contributed by atoms with E-state index in [0.29, 0.717) is 24.8 Å². The van der Waals surface area contributed by atoms with Crippen LogP contribution >= 0.6 is 0 Å². The number of halogens is 1. The highest BCUT2D eigenvalue weighted by atomic mass is 19.1. The number of carbonyl (C=O) groups excluding carboxylic acids is 3. The highest BCUT2D eigenvalue weighted by Gasteiger charge is 2.08. The van der Waals surface area contributed by atoms with Crippen molar-refractivity contribution in [1.82, 2.24) is 0 Å². The Morgan fingerprint density at radius 3 is 2.29 bits per heavy atom. The summed E-state index contributed by atoms with van der Waals surface area (Å²) in [6, 6.07) is 5.32. The van der Waals surface area contributed by atoms with Gasteiger partial charge in [0.1, 0.15) is 11.6 Å². The standard InChI is InChI=1S/C16H19FO4/c1-12(18)4-3-11-21-16(20)6-2-5-15(19)13-7-9-14(17)10-8-13/h7-10H,2-6,11H2,1H3. The lowest BCUT2D eigenvalue weighted by molar-refractivity contribution is -0.144. The maximum atomic E-state index is 12.7. The number of ether oxygens (including phenoxy) is 1. The lowest BCUT2D eigenvalue weighted by Gasteiger charge is -2.04. The second-order valence-corrected chi connectivity index (χ2v) is 4.81. The molecule has 0 bridgehead atoms. The lowest BCUT2D eigenvalue weighted by atomic mass is 10.1. The summed E-state index contributed by atoms with van der Waals surface area (Å²) in [6.07, 6.45) is 1.69. The van der Waals surface area contributed by atoms with Crippen LogP contribution in [0.1, 0.15) is 49.4 Å². The van der Waals surface area contributed by atoms with Crippen molar-refractivity contribution in [2.24, 2.45) is 0 Å². The molecule has 0 aliphatic carbocycles. The molecule has 1 aromatic carbocycles. The zero-order chi connectivity index (χ0) is 15.7. The van der Waals surface area contributed by atoms with Crippen LogP contribution in [0.25, 0.3) is 0 Å². The summed E-state index contributed by atoms with van der Waals surface area (Å²) < 4.78 is 17.7. The summed E-state index contributed by atoms with van der Waals surface area (Å²) >= 11 is 0. The molecule has 0 aliphatic rings. The number of esters is 1. The summed E-state index contributed by atoms with van der Waals surface area (Å²) in [5, 5.41) is 0. The Bertz CT molecular complexity index is 494. The molecule has 0 heterocycles. The van der Waals surface area contributed by atoms with Gasteiger partial charge in [-0.2, -0.15) is 0 Å². The number of rotatable bonds is 9. The third-order valence-corrected chi connectivity index (χ3v) is 2.89. The highest BCUT2D eigenvalue weighted by Crippen LogP contribution is 2.09. The molecule has 1 aromatic rings. The number of hydrogen-bond acceptors (Lipinski definition) is 4. The van der Waals surface area contributed by atoms with E-state index < -0.39 is 0 Å². The summed E-state index contributed by atoms with van der Waals surface area (Å²) in [5.41, 5.74) is 0.436. The maximum absolute atomic E-state index is 12.7. The molecule has 0 saturated heterocycles. The van der Waals surface area contributed by atoms with Gasteiger partial charge in [0.25, 0.3) is 0 Å². The fourth-order valence-corrected chi connectivity index (χ4v) is 1.75. The van der Waals surface area contributed by atoms with Crippen LogP contribution in [0.2, 0.25) is 0 Å². The average Bonchev–Trinajstić information content (AvgIpc) is 2.44. The van der Waals surface area contributed by atoms with Crippen molar-refractivity contribution >= 4 is 17.5 Å². The molecule has 4 nitrogen and oxygen atoms in total. The first kappa shape index (κ1) is 17.0. The number of hydrogen-bond donors (Lipinski definition) is 0. The smallest absolute Gasteiger partial charge is 0.305 e. The lowest BCUT2D eigenvalue weighted by Crippen LogP contribution is -2.08. The van der Waals surface area contributed by atoms with Gasteiger partial charge in [-0.15, -0.1) is 0 Å². The van der Waals surface area contributed by atoms with Crippen LogP contribution in [0, 0.1) is 5.82 Å². The van der Waals surface area contributed by atoms with Crippen LogP contribution in [0.15, 0.2) is 24.3 Å². The molecule has 0 aliphatic heterocycles. The molecule has 0 atom stereocenters. The summed E-state index contributed by atoms with van der Waals surface area (Å²) in [6.45, 7) is 1.72. The van der Waals surface area contributed by atoms with Crippen molar-refractivity contribution in [3.05, 3.63) is 35.6 Å². The van der Waals surface area contributed by atoms with Crippen molar-refractivity contribution in [2.75, 3.05) is 6.61 Å². The quantitative estimate of drug-likeness (QED) is 0.399. The zero-order valence-electron chi connectivity index (χ0n) is 12.1. The molecule has 0 radical (unpaired) electrons. The summed E-state index contributed by atoms with van der Waals surface area (Å²) in [4.78, 5) is 33.8. The van der Waals surface area contributed by atoms with E-state index in [4.69, 9.17) is 4.74 Å². The number of carbonyl (C=O) groups is 3. The maximum Gasteiger partial charge on any atom is 0.305 e. The topological polar surface area (TPSA) is 60.4 Å². The predicted molar refractivity (Wildman–Crippen MR) is 75.5 cm³/mol. The van der Waals surface area contributed by atoms with E-state index in [-0.39, 0.29) is 42.8 Å². The molecule has 0 fully saturated rings. The molecule has 114 valence electrons. The predicted octanol–water partition coefficient (Wildman–Crippen LogP) is 3.09. The van der Waals surface area contributed by atoms with Gasteiger partial charge in [0, 0.05) is 24.8 Å². The Morgan fingerprint density at radius 1 is 1.00 bits per heavy atom. The Hall–Kier alpha value is -2.04. The fraction of sp³-hybridized carbons (Fsp3) is 0.438. The molecule has 0 amide bonds. The first-order chi connectivity index (χ1) is 9.99. The van der Waals surface area contributed by atoms with E-state index in [1.807, 2.05) is 0 Å². The Kier molecular flexibility index (Phi) is 7.29. The van der Waals surface area contributed by atoms with E-state index in [0.717, 1.165) is 0 Å². The second-order valence-electron chi connectivity index (χ2n) is 4.81. The molecule has 0 aromatic heterocycles. The minimum absolute atomic E-state index is 0.0657. The van der Waals surface area contributed by atoms with E-state index in [1.165, 1.54) is 31.2 Å². The number of Topliss-reactive ketones (excluding diaryl/α,β-unsaturated/α-hetero) is 2. The Balaban J connectivity index is 2.17. The van der Waals surface area contributed by atoms with Gasteiger partial charge in [-0.25, -0.2) is 4.39 Å². The van der Waals surface area contributed by atoms with Crippen LogP contribution < -0.4 is 0 Å². The van der Waals surface area contributed by atoms with E-state index in [1.54, 1.807) is 0 Å². The molecule has 0 unspecified atom stereocenters. The van der Waals surface area contributed by atoms with E-state index >= 15 is 0 Å². The van der Waals surface area contributed by atoms with Crippen LogP contribution in [0.3, 0.4) is 0 Å². The molecule has 0 spiro atoms. The fourth-order valence-electron chi connectivity index (χ4n) is 1.75. The van der Waals surface area contributed by atoms with Gasteiger partial charge in [-0.3, -0.25) is 9.59 Å². The molecule has 21 heavy (non-hydrogen) atoms. The first-order valence-electron chi connectivity index (χ1n) is 6.93. The minimum atomic E-state index is -0.388. The van der Waals surface area contributed by atoms with Crippen LogP contribution in [0.5, 0.6) is 0 Å². The minimum Gasteiger partial charge on any atom is -0.466 e. The molecule has 5 heteroatoms. The zero-order valence-corrected chi connectivity index (χ0v) is 12.1. The molecule has 1 rings (SSSR count). The van der Waals surface area contributed by atoms with Crippen molar-refractivity contribution in [1.29, 1.82) is 0 Å². The molecule has 0 saturated carbocycles. The van der Waals surface area contributed by atoms with Crippen LogP contribution in [0.4, 0.5) is 4.39 Å². The molecular weight excluding hydrogens is 275 g/mol. The largest absolute Gasteiger partial charge is 0.466 e. The second kappa shape index (κ2) is 9.00. The van der Waals surface area contributed by atoms with Crippen LogP contribution in [-0.4, -0.2) is 24.1 Å². The van der Waals surface area contributed by atoms with Gasteiger partial charge in [0.05, 0.1) is 6.61 Å². The van der Waals surface area contributed by atoms with Gasteiger partial charge >= 0.3 is 5.97 Å². The average molecular weight is 294 g/mol. The number of ketones is 2. The van der Waals surface area contributed by atoms with E-state index in [9.17, 15) is 18.8 Å². The SMILES string of the molecule is CC(=O)CCCOC(=O)CCCC(=O)c1ccc(F)cc1. The van der Waals surface area contributed by atoms with Gasteiger partial charge in [0.2, 0.25) is 0 Å². The first-order valence-corrected chi connectivity index (χ1v) is 6.93. The van der Waals surface area contributed by atoms with Gasteiger partial charge in [-0.1, -0.05) is 0 Å². The van der Waals surface area contributed by atoms with Gasteiger partial charge < -0.3 is 9.53 Å². The van der Waals surface area contributed by atoms with Crippen molar-refractivity contribution in [3.8, 4) is 0 Å². The summed E-state index contributed by atoms with van der Waals surface area (Å²) in [5.74, 6) is -0.818. The number of benzene rings is 1. The van der Waals surface area contributed by atoms with Crippen molar-refractivity contribution < 1.29 is 23.5 Å².